The standard InChI is InChI=1S/C21H29NO3/c1-24-21(23)14-8-6-4-2-3-5-7-11-17-25-20-16-15-18-12-9-10-13-19(18)22-20/h9-10,12-13,15-16H,2-8,11,14,17H2,1H3. The second-order valence-corrected chi connectivity index (χ2v) is 6.35. The van der Waals surface area contributed by atoms with Gasteiger partial charge in [0.2, 0.25) is 5.88 Å². The van der Waals surface area contributed by atoms with Gasteiger partial charge in [-0.2, -0.15) is 0 Å². The van der Waals surface area contributed by atoms with Crippen LogP contribution in [-0.2, 0) is 9.53 Å². The van der Waals surface area contributed by atoms with Crippen molar-refractivity contribution >= 4 is 16.9 Å². The molecular formula is C21H29NO3. The molecule has 4 nitrogen and oxygen atoms in total. The number of rotatable bonds is 12. The number of carbonyl (C=O) groups excluding carboxylic acids is 1. The zero-order valence-corrected chi connectivity index (χ0v) is 15.2. The van der Waals surface area contributed by atoms with E-state index in [4.69, 9.17) is 4.74 Å². The Kier molecular flexibility index (Phi) is 8.81. The molecule has 0 atom stereocenters. The number of unbranched alkanes of at least 4 members (excludes halogenated alkanes) is 7. The number of methoxy groups -OCH3 is 1. The van der Waals surface area contributed by atoms with Crippen LogP contribution in [0.1, 0.15) is 57.8 Å². The van der Waals surface area contributed by atoms with Gasteiger partial charge in [0.1, 0.15) is 0 Å². The molecular weight excluding hydrogens is 314 g/mol. The van der Waals surface area contributed by atoms with Gasteiger partial charge in [0, 0.05) is 17.9 Å². The van der Waals surface area contributed by atoms with E-state index in [0.29, 0.717) is 12.3 Å². The molecule has 0 saturated carbocycles. The molecule has 0 N–H and O–H groups in total. The van der Waals surface area contributed by atoms with Gasteiger partial charge < -0.3 is 9.47 Å². The minimum absolute atomic E-state index is 0.0964. The molecule has 1 aromatic carbocycles. The van der Waals surface area contributed by atoms with Gasteiger partial charge in [0.05, 0.1) is 19.2 Å². The number of carbonyl (C=O) groups is 1. The number of fused-ring (bicyclic) bond motifs is 1. The third-order valence-corrected chi connectivity index (χ3v) is 4.33. The average Bonchev–Trinajstić information content (AvgIpc) is 2.65. The van der Waals surface area contributed by atoms with E-state index in [-0.39, 0.29) is 5.97 Å². The van der Waals surface area contributed by atoms with Crippen molar-refractivity contribution in [3.05, 3.63) is 36.4 Å². The van der Waals surface area contributed by atoms with E-state index in [1.807, 2.05) is 24.3 Å². The number of hydrogen-bond donors (Lipinski definition) is 0. The van der Waals surface area contributed by atoms with E-state index < -0.39 is 0 Å². The topological polar surface area (TPSA) is 48.4 Å². The molecule has 0 fully saturated rings. The molecule has 4 heteroatoms. The van der Waals surface area contributed by atoms with E-state index in [2.05, 4.69) is 21.9 Å². The summed E-state index contributed by atoms with van der Waals surface area (Å²) in [7, 11) is 1.45. The highest BCUT2D eigenvalue weighted by Crippen LogP contribution is 2.16. The summed E-state index contributed by atoms with van der Waals surface area (Å²) in [5.74, 6) is 0.616. The summed E-state index contributed by atoms with van der Waals surface area (Å²) < 4.78 is 10.4. The van der Waals surface area contributed by atoms with Crippen molar-refractivity contribution in [2.75, 3.05) is 13.7 Å². The van der Waals surface area contributed by atoms with Crippen molar-refractivity contribution < 1.29 is 14.3 Å². The average molecular weight is 343 g/mol. The predicted octanol–water partition coefficient (Wildman–Crippen LogP) is 5.30. The van der Waals surface area contributed by atoms with Crippen LogP contribution in [0, 0.1) is 0 Å². The van der Waals surface area contributed by atoms with Crippen molar-refractivity contribution in [3.8, 4) is 5.88 Å². The Morgan fingerprint density at radius 2 is 1.56 bits per heavy atom. The van der Waals surface area contributed by atoms with Crippen molar-refractivity contribution in [1.29, 1.82) is 0 Å². The second-order valence-electron chi connectivity index (χ2n) is 6.35. The molecule has 136 valence electrons. The van der Waals surface area contributed by atoms with Crippen molar-refractivity contribution in [3.63, 3.8) is 0 Å². The summed E-state index contributed by atoms with van der Waals surface area (Å²) in [6, 6.07) is 12.1. The molecule has 1 heterocycles. The highest BCUT2D eigenvalue weighted by Gasteiger charge is 2.00. The molecule has 0 aliphatic carbocycles. The zero-order chi connectivity index (χ0) is 17.7. The summed E-state index contributed by atoms with van der Waals surface area (Å²) in [5.41, 5.74) is 0.979. The van der Waals surface area contributed by atoms with Crippen LogP contribution in [0.15, 0.2) is 36.4 Å². The number of para-hydroxylation sites is 1. The third kappa shape index (κ3) is 7.55. The lowest BCUT2D eigenvalue weighted by atomic mass is 10.1. The smallest absolute Gasteiger partial charge is 0.305 e. The number of pyridine rings is 1. The van der Waals surface area contributed by atoms with Gasteiger partial charge in [-0.3, -0.25) is 4.79 Å². The van der Waals surface area contributed by atoms with E-state index in [1.54, 1.807) is 0 Å². The fourth-order valence-electron chi connectivity index (χ4n) is 2.84. The van der Waals surface area contributed by atoms with E-state index >= 15 is 0 Å². The van der Waals surface area contributed by atoms with Crippen LogP contribution >= 0.6 is 0 Å². The molecule has 0 spiro atoms. The molecule has 0 aliphatic rings. The van der Waals surface area contributed by atoms with Crippen LogP contribution in [0.25, 0.3) is 10.9 Å². The molecule has 2 rings (SSSR count). The first-order valence-corrected chi connectivity index (χ1v) is 9.35. The molecule has 0 bridgehead atoms. The van der Waals surface area contributed by atoms with Crippen LogP contribution in [0.4, 0.5) is 0 Å². The maximum absolute atomic E-state index is 11.0. The Morgan fingerprint density at radius 1 is 0.880 bits per heavy atom. The fraction of sp³-hybridized carbons (Fsp3) is 0.524. The van der Waals surface area contributed by atoms with E-state index in [9.17, 15) is 4.79 Å². The number of benzene rings is 1. The lowest BCUT2D eigenvalue weighted by molar-refractivity contribution is -0.140. The summed E-state index contributed by atoms with van der Waals surface area (Å²) in [4.78, 5) is 15.5. The Bertz CT molecular complexity index is 642. The molecule has 0 saturated heterocycles. The Morgan fingerprint density at radius 3 is 2.32 bits per heavy atom. The minimum atomic E-state index is -0.0964. The Balaban J connectivity index is 1.46. The first kappa shape index (κ1) is 19.2. The highest BCUT2D eigenvalue weighted by molar-refractivity contribution is 5.78. The molecule has 2 aromatic rings. The third-order valence-electron chi connectivity index (χ3n) is 4.33. The lowest BCUT2D eigenvalue weighted by Crippen LogP contribution is -1.99. The molecule has 0 unspecified atom stereocenters. The molecule has 0 aliphatic heterocycles. The highest BCUT2D eigenvalue weighted by atomic mass is 16.5. The van der Waals surface area contributed by atoms with Crippen LogP contribution in [0.2, 0.25) is 0 Å². The largest absolute Gasteiger partial charge is 0.478 e. The van der Waals surface area contributed by atoms with E-state index in [1.165, 1.54) is 39.2 Å². The van der Waals surface area contributed by atoms with Gasteiger partial charge in [-0.15, -0.1) is 0 Å². The van der Waals surface area contributed by atoms with Gasteiger partial charge >= 0.3 is 5.97 Å². The quantitative estimate of drug-likeness (QED) is 0.388. The molecule has 1 aromatic heterocycles. The summed E-state index contributed by atoms with van der Waals surface area (Å²) in [6.07, 6.45) is 9.81. The number of aromatic nitrogens is 1. The SMILES string of the molecule is COC(=O)CCCCCCCCCCOc1ccc2ccccc2n1. The Labute approximate surface area is 150 Å². The van der Waals surface area contributed by atoms with Crippen molar-refractivity contribution in [2.24, 2.45) is 0 Å². The first-order valence-electron chi connectivity index (χ1n) is 9.35. The Hall–Kier alpha value is -2.10. The number of nitrogens with zero attached hydrogens (tertiary/aromatic N) is 1. The minimum Gasteiger partial charge on any atom is -0.478 e. The van der Waals surface area contributed by atoms with Gasteiger partial charge in [-0.25, -0.2) is 4.98 Å². The van der Waals surface area contributed by atoms with Crippen molar-refractivity contribution in [2.45, 2.75) is 57.8 Å². The maximum atomic E-state index is 11.0. The van der Waals surface area contributed by atoms with Crippen LogP contribution in [0.5, 0.6) is 5.88 Å². The maximum Gasteiger partial charge on any atom is 0.305 e. The van der Waals surface area contributed by atoms with Crippen LogP contribution in [-0.4, -0.2) is 24.7 Å². The van der Waals surface area contributed by atoms with Crippen molar-refractivity contribution in [1.82, 2.24) is 4.98 Å². The number of hydrogen-bond acceptors (Lipinski definition) is 4. The van der Waals surface area contributed by atoms with Gasteiger partial charge in [-0.1, -0.05) is 56.7 Å². The number of esters is 1. The molecule has 25 heavy (non-hydrogen) atoms. The van der Waals surface area contributed by atoms with Crippen LogP contribution in [0.3, 0.4) is 0 Å². The summed E-state index contributed by atoms with van der Waals surface area (Å²) in [5, 5.41) is 1.14. The lowest BCUT2D eigenvalue weighted by Gasteiger charge is -2.06. The van der Waals surface area contributed by atoms with Crippen LogP contribution < -0.4 is 4.74 Å². The van der Waals surface area contributed by atoms with Gasteiger partial charge in [-0.05, 0) is 25.0 Å². The first-order chi connectivity index (χ1) is 12.3. The summed E-state index contributed by atoms with van der Waals surface area (Å²) >= 11 is 0. The zero-order valence-electron chi connectivity index (χ0n) is 15.2. The monoisotopic (exact) mass is 343 g/mol. The summed E-state index contributed by atoms with van der Waals surface area (Å²) in [6.45, 7) is 0.727. The van der Waals surface area contributed by atoms with E-state index in [0.717, 1.165) is 36.8 Å². The fourth-order valence-corrected chi connectivity index (χ4v) is 2.84. The van der Waals surface area contributed by atoms with Gasteiger partial charge in [0.15, 0.2) is 0 Å². The predicted molar refractivity (Wildman–Crippen MR) is 101 cm³/mol. The molecule has 0 radical (unpaired) electrons. The number of ether oxygens (including phenoxy) is 2. The normalized spacial score (nSPS) is 10.8. The second kappa shape index (κ2) is 11.5. The van der Waals surface area contributed by atoms with Gasteiger partial charge in [0.25, 0.3) is 0 Å². The molecule has 0 amide bonds.